The molecule has 4 heterocycles. The Balaban J connectivity index is 0.000000235. The van der Waals surface area contributed by atoms with Gasteiger partial charge in [-0.2, -0.15) is 0 Å². The minimum atomic E-state index is -3.92. The standard InChI is InChI=1S/C64H64N3O.C56H56N3O.2Pt/c1-39(2)48-32-49(40(3)4)34-50(33-48)46-25-26-58(42(6)31-46)67-59-20-16-19-54(60(59)66-62(67)55-29-41(5)30-56(61(55)68)64(10,11)12)51-35-52(37-53(36-51)63(7,8)9)57-38-47(27-28-65-57)45-23-21-44(22-24-45)43-17-14-13-15-18-43;1-35-20-25-49(45(28-35)38-16-13-12-14-17-38)59-50-19-15-18-44(51(50)58-53(59)46-29-36(2)30-47(52(46)60)56(9,10)11)40-31-41(33-43(32-40)55(6,7)8)48-34-39(26-27-57-48)37-21-23-42(24-22-37)54(3,4)5;;/h13-34,36-40,68H,1-12H3;12-30,32-34,60H,1-11H3;;/q2*-1;;/i6D3,39D,40D;3D3,4D3,5D3,21D,22D,23D,24D,26D,27D,34D;;. The third kappa shape index (κ3) is 19.6. The molecule has 0 radical (unpaired) electrons. The number of rotatable bonds is 15. The number of aryl methyl sites for hydroxylation is 4. The molecule has 0 spiro atoms. The second kappa shape index (κ2) is 37.1. The first kappa shape index (κ1) is 70.0. The molecule has 0 aliphatic carbocycles. The molecule has 2 N–H and O–H groups in total. The molecule has 17 aromatic rings. The van der Waals surface area contributed by atoms with E-state index < -0.39 is 120 Å². The van der Waals surface area contributed by atoms with E-state index in [1.54, 1.807) is 12.1 Å². The van der Waals surface area contributed by atoms with E-state index in [2.05, 4.69) is 119 Å². The fraction of sp³-hybridized carbons (Fsp3) is 0.250. The van der Waals surface area contributed by atoms with Gasteiger partial charge in [-0.15, -0.1) is 58.7 Å². The van der Waals surface area contributed by atoms with Crippen LogP contribution in [0.4, 0.5) is 0 Å². The van der Waals surface area contributed by atoms with Gasteiger partial charge in [-0.1, -0.05) is 347 Å². The molecule has 0 amide bonds. The third-order valence-electron chi connectivity index (χ3n) is 23.6. The number of benzene rings is 13. The van der Waals surface area contributed by atoms with Crippen molar-refractivity contribution in [3.63, 3.8) is 0 Å². The maximum atomic E-state index is 12.3. The third-order valence-corrected chi connectivity index (χ3v) is 23.6. The Morgan fingerprint density at radius 3 is 1.32 bits per heavy atom. The predicted molar refractivity (Wildman–Crippen MR) is 539 cm³/mol. The summed E-state index contributed by atoms with van der Waals surface area (Å²) in [6, 6.07) is 78.6. The van der Waals surface area contributed by atoms with Gasteiger partial charge >= 0.3 is 0 Å². The van der Waals surface area contributed by atoms with Crippen molar-refractivity contribution in [3.05, 3.63) is 359 Å². The summed E-state index contributed by atoms with van der Waals surface area (Å²) in [5.74, 6) is -0.936. The summed E-state index contributed by atoms with van der Waals surface area (Å²) in [4.78, 5) is 20.1. The second-order valence-corrected chi connectivity index (χ2v) is 38.2. The average molecular weight is 2090 g/mol. The number of para-hydroxylation sites is 2. The second-order valence-electron chi connectivity index (χ2n) is 38.2. The molecule has 13 aromatic carbocycles. The number of nitrogens with zero attached hydrogens (tertiary/aromatic N) is 6. The zero-order valence-electron chi connectivity index (χ0n) is 97.8. The predicted octanol–water partition coefficient (Wildman–Crippen LogP) is 32.2. The molecule has 17 rings (SSSR count). The average Bonchev–Trinajstić information content (AvgIpc) is 1.55. The maximum absolute atomic E-state index is 12.3. The van der Waals surface area contributed by atoms with Crippen LogP contribution in [0.15, 0.2) is 285 Å². The first-order valence-electron chi connectivity index (χ1n) is 53.8. The SMILES string of the molecule is [2H]C([2H])([2H])c1cc(-c2cc(C([2H])(C)C)cc(C([2H])(C)C)c2)ccc1-n1c(-c2cc(C)cc(C(C)(C)C)c2O)nc2c(-c3[c-]c(-c4cc(-c5ccc(-c6ccccc6)cc5)ccn4)cc(C(C)(C)C)c3)cccc21.[2H]c1nc(-c2[c-]c(-c3cccc4c3nc(-c3cc(C)cc(C(C)(C)C)c3O)n4-c3ccc(C)cc3-c3ccccc3)cc(C(C)(C)C)c2)c([2H])c(-c2c([2H])c([2H])c(C(C([2H])([2H])[2H])(C([2H])([2H])[2H])C([2H])([2H])[2H])c([2H])c2[2H])c1[2H].[Pt].[Pt]. The van der Waals surface area contributed by atoms with E-state index in [1.165, 1.54) is 0 Å². The summed E-state index contributed by atoms with van der Waals surface area (Å²) in [5, 5.41) is 24.6. The van der Waals surface area contributed by atoms with Crippen molar-refractivity contribution >= 4 is 22.1 Å². The fourth-order valence-electron chi connectivity index (χ4n) is 16.5. The van der Waals surface area contributed by atoms with Crippen molar-refractivity contribution in [1.29, 1.82) is 0 Å². The van der Waals surface area contributed by atoms with E-state index in [-0.39, 0.29) is 75.9 Å². The molecule has 10 heteroatoms. The number of phenols is 2. The van der Waals surface area contributed by atoms with Gasteiger partial charge < -0.3 is 10.2 Å². The van der Waals surface area contributed by atoms with Gasteiger partial charge in [0.1, 0.15) is 23.1 Å². The molecule has 0 saturated heterocycles. The van der Waals surface area contributed by atoms with Crippen LogP contribution in [0.3, 0.4) is 0 Å². The van der Waals surface area contributed by atoms with Crippen molar-refractivity contribution < 1.29 is 81.1 Å². The Labute approximate surface area is 829 Å². The van der Waals surface area contributed by atoms with Gasteiger partial charge in [0.05, 0.1) is 54.2 Å². The summed E-state index contributed by atoms with van der Waals surface area (Å²) in [6.45, 7) is 23.6. The van der Waals surface area contributed by atoms with Crippen LogP contribution in [0, 0.1) is 39.8 Å². The molecule has 130 heavy (non-hydrogen) atoms. The monoisotopic (exact) mass is 2090 g/mol. The van der Waals surface area contributed by atoms with Crippen molar-refractivity contribution in [1.82, 2.24) is 29.1 Å². The largest absolute Gasteiger partial charge is 0.507 e. The van der Waals surface area contributed by atoms with Crippen LogP contribution < -0.4 is 0 Å². The molecule has 4 aromatic heterocycles. The van der Waals surface area contributed by atoms with Crippen LogP contribution in [0.5, 0.6) is 11.5 Å². The number of imidazole rings is 2. The van der Waals surface area contributed by atoms with Gasteiger partial charge in [0.2, 0.25) is 0 Å². The molecule has 8 nitrogen and oxygen atoms in total. The smallest absolute Gasteiger partial charge is 0.148 e. The summed E-state index contributed by atoms with van der Waals surface area (Å²) in [6.07, 6.45) is 1.10. The maximum Gasteiger partial charge on any atom is 0.148 e. The number of fused-ring (bicyclic) bond motifs is 2. The number of aromatic hydroxyl groups is 2. The van der Waals surface area contributed by atoms with Crippen molar-refractivity contribution in [2.24, 2.45) is 0 Å². The number of phenolic OH excluding ortho intramolecular Hbond substituents is 2. The zero-order valence-corrected chi connectivity index (χ0v) is 81.3. The normalized spacial score (nSPS) is 14.9. The van der Waals surface area contributed by atoms with Gasteiger partial charge in [0.15, 0.2) is 0 Å². The first-order valence-corrected chi connectivity index (χ1v) is 43.3. The number of hydrogen-bond acceptors (Lipinski definition) is 6. The van der Waals surface area contributed by atoms with E-state index in [0.717, 1.165) is 112 Å². The number of pyridine rings is 2. The molecular formula is C120H120N6O2Pt2-2. The van der Waals surface area contributed by atoms with Gasteiger partial charge in [-0.3, -0.25) is 19.1 Å². The summed E-state index contributed by atoms with van der Waals surface area (Å²) in [5.41, 5.74) is 15.6. The van der Waals surface area contributed by atoms with Gasteiger partial charge in [0.25, 0.3) is 0 Å². The van der Waals surface area contributed by atoms with E-state index in [0.29, 0.717) is 72.8 Å². The molecular weight excluding hydrogens is 1950 g/mol. The van der Waals surface area contributed by atoms with Crippen LogP contribution in [0.25, 0.3) is 157 Å². The quantitative estimate of drug-likeness (QED) is 0.0992. The van der Waals surface area contributed by atoms with Crippen LogP contribution in [-0.2, 0) is 69.2 Å². The Morgan fingerprint density at radius 1 is 0.362 bits per heavy atom. The Bertz CT molecular complexity index is 8050. The first-order chi connectivity index (χ1) is 69.2. The van der Waals surface area contributed by atoms with Crippen molar-refractivity contribution in [3.8, 4) is 146 Å². The molecule has 0 bridgehead atoms. The fourth-order valence-corrected chi connectivity index (χ4v) is 16.5. The van der Waals surface area contributed by atoms with Gasteiger partial charge in [-0.05, 0) is 211 Å². The summed E-state index contributed by atoms with van der Waals surface area (Å²) >= 11 is 0. The molecule has 0 saturated carbocycles. The Hall–Kier alpha value is -11.9. The number of aromatic nitrogens is 6. The Morgan fingerprint density at radius 2 is 0.823 bits per heavy atom. The van der Waals surface area contributed by atoms with Crippen LogP contribution in [0.2, 0.25) is 0 Å². The molecule has 0 aliphatic heterocycles. The molecule has 0 aliphatic rings. The molecule has 0 fully saturated rings. The van der Waals surface area contributed by atoms with Gasteiger partial charge in [-0.25, -0.2) is 9.97 Å². The van der Waals surface area contributed by atoms with Crippen molar-refractivity contribution in [2.45, 2.75) is 198 Å². The minimum Gasteiger partial charge on any atom is -0.507 e. The van der Waals surface area contributed by atoms with E-state index >= 15 is 0 Å². The summed E-state index contributed by atoms with van der Waals surface area (Å²) in [7, 11) is 0. The minimum absolute atomic E-state index is 0. The van der Waals surface area contributed by atoms with Crippen LogP contribution >= 0.6 is 0 Å². The van der Waals surface area contributed by atoms with E-state index in [1.807, 2.05) is 269 Å². The van der Waals surface area contributed by atoms with E-state index in [9.17, 15) is 11.6 Å². The topological polar surface area (TPSA) is 102 Å². The summed E-state index contributed by atoms with van der Waals surface area (Å²) < 4.78 is 187. The molecule has 0 atom stereocenters. The van der Waals surface area contributed by atoms with Crippen molar-refractivity contribution in [2.75, 3.05) is 0 Å². The van der Waals surface area contributed by atoms with Gasteiger partial charge in [0, 0.05) is 102 Å². The molecule has 0 unspecified atom stereocenters. The Kier molecular flexibility index (Phi) is 20.0. The molecule has 664 valence electrons. The van der Waals surface area contributed by atoms with Crippen LogP contribution in [0.1, 0.15) is 233 Å². The zero-order chi connectivity index (χ0) is 109. The van der Waals surface area contributed by atoms with Crippen LogP contribution in [-0.4, -0.2) is 39.3 Å². The number of hydrogen-bond donors (Lipinski definition) is 2. The van der Waals surface area contributed by atoms with E-state index in [4.69, 9.17) is 42.4 Å².